The van der Waals surface area contributed by atoms with Crippen molar-refractivity contribution in [2.45, 2.75) is 64.8 Å². The van der Waals surface area contributed by atoms with Gasteiger partial charge in [-0.25, -0.2) is 0 Å². The second kappa shape index (κ2) is 5.74. The van der Waals surface area contributed by atoms with E-state index in [9.17, 15) is 5.11 Å². The van der Waals surface area contributed by atoms with Crippen molar-refractivity contribution < 1.29 is 10.2 Å². The molecule has 0 aromatic heterocycles. The summed E-state index contributed by atoms with van der Waals surface area (Å²) in [5, 5.41) is 19.7. The highest BCUT2D eigenvalue weighted by Crippen LogP contribution is 2.39. The zero-order chi connectivity index (χ0) is 15.7. The van der Waals surface area contributed by atoms with Crippen LogP contribution < -0.4 is 5.73 Å². The fraction of sp³-hybridized carbons (Fsp3) is 0.647. The van der Waals surface area contributed by atoms with Gasteiger partial charge in [-0.1, -0.05) is 53.7 Å². The van der Waals surface area contributed by atoms with Gasteiger partial charge in [0.25, 0.3) is 0 Å². The summed E-state index contributed by atoms with van der Waals surface area (Å²) in [5.41, 5.74) is 8.52. The van der Waals surface area contributed by atoms with Gasteiger partial charge in [0.2, 0.25) is 0 Å². The minimum Gasteiger partial charge on any atom is -0.507 e. The third-order valence-electron chi connectivity index (χ3n) is 3.52. The van der Waals surface area contributed by atoms with Crippen LogP contribution in [0.4, 0.5) is 0 Å². The van der Waals surface area contributed by atoms with Gasteiger partial charge in [0, 0.05) is 6.04 Å². The molecule has 0 aliphatic rings. The van der Waals surface area contributed by atoms with Crippen LogP contribution in [0, 0.1) is 0 Å². The largest absolute Gasteiger partial charge is 0.507 e. The van der Waals surface area contributed by atoms with Crippen LogP contribution >= 0.6 is 0 Å². The molecule has 0 aliphatic heterocycles. The van der Waals surface area contributed by atoms with Crippen molar-refractivity contribution in [1.29, 1.82) is 0 Å². The van der Waals surface area contributed by atoms with E-state index in [0.29, 0.717) is 12.2 Å². The second-order valence-corrected chi connectivity index (χ2v) is 7.69. The van der Waals surface area contributed by atoms with Crippen LogP contribution in [0.25, 0.3) is 0 Å². The fourth-order valence-electron chi connectivity index (χ4n) is 2.32. The maximum atomic E-state index is 10.6. The fourth-order valence-corrected chi connectivity index (χ4v) is 2.32. The Balaban J connectivity index is 3.42. The Hall–Kier alpha value is -1.06. The summed E-state index contributed by atoms with van der Waals surface area (Å²) in [6.07, 6.45) is 0.614. The van der Waals surface area contributed by atoms with Gasteiger partial charge in [-0.05, 0) is 33.9 Å². The first kappa shape index (κ1) is 17.0. The summed E-state index contributed by atoms with van der Waals surface area (Å²) in [6.45, 7) is 12.5. The summed E-state index contributed by atoms with van der Waals surface area (Å²) < 4.78 is 0. The van der Waals surface area contributed by atoms with Crippen LogP contribution in [-0.2, 0) is 17.3 Å². The van der Waals surface area contributed by atoms with E-state index in [2.05, 4.69) is 41.5 Å². The second-order valence-electron chi connectivity index (χ2n) is 7.69. The number of hydrogen-bond acceptors (Lipinski definition) is 3. The lowest BCUT2D eigenvalue weighted by Gasteiger charge is -2.28. The van der Waals surface area contributed by atoms with Gasteiger partial charge in [0.1, 0.15) is 5.75 Å². The van der Waals surface area contributed by atoms with Gasteiger partial charge in [-0.2, -0.15) is 0 Å². The molecule has 1 aromatic carbocycles. The van der Waals surface area contributed by atoms with Crippen LogP contribution in [0.15, 0.2) is 12.1 Å². The predicted molar refractivity (Wildman–Crippen MR) is 84.3 cm³/mol. The molecule has 1 rings (SSSR count). The normalized spacial score (nSPS) is 14.4. The molecule has 0 aliphatic carbocycles. The topological polar surface area (TPSA) is 66.5 Å². The number of nitrogens with two attached hydrogens (primary N) is 1. The van der Waals surface area contributed by atoms with E-state index in [-0.39, 0.29) is 23.5 Å². The lowest BCUT2D eigenvalue weighted by Crippen LogP contribution is -2.27. The molecule has 0 bridgehead atoms. The smallest absolute Gasteiger partial charge is 0.123 e. The lowest BCUT2D eigenvalue weighted by molar-refractivity contribution is 0.265. The van der Waals surface area contributed by atoms with Crippen LogP contribution in [-0.4, -0.2) is 22.9 Å². The van der Waals surface area contributed by atoms with Crippen molar-refractivity contribution in [2.24, 2.45) is 5.73 Å². The summed E-state index contributed by atoms with van der Waals surface area (Å²) in [4.78, 5) is 0. The molecule has 0 saturated heterocycles. The number of aliphatic hydroxyl groups is 1. The van der Waals surface area contributed by atoms with E-state index < -0.39 is 0 Å². The van der Waals surface area contributed by atoms with Crippen LogP contribution in [0.2, 0.25) is 0 Å². The zero-order valence-corrected chi connectivity index (χ0v) is 13.6. The van der Waals surface area contributed by atoms with Crippen molar-refractivity contribution in [3.63, 3.8) is 0 Å². The first-order valence-corrected chi connectivity index (χ1v) is 7.20. The zero-order valence-electron chi connectivity index (χ0n) is 13.6. The molecular weight excluding hydrogens is 250 g/mol. The quantitative estimate of drug-likeness (QED) is 0.797. The SMILES string of the molecule is CC(C)(C)c1cc(CC(N)CO)cc(C(C)(C)C)c1O. The Labute approximate surface area is 122 Å². The molecule has 1 atom stereocenters. The molecular formula is C17H29NO2. The molecule has 20 heavy (non-hydrogen) atoms. The van der Waals surface area contributed by atoms with Gasteiger partial charge in [0.05, 0.1) is 6.61 Å². The summed E-state index contributed by atoms with van der Waals surface area (Å²) in [6, 6.07) is 3.76. The van der Waals surface area contributed by atoms with E-state index in [0.717, 1.165) is 16.7 Å². The van der Waals surface area contributed by atoms with Crippen molar-refractivity contribution in [2.75, 3.05) is 6.61 Å². The molecule has 1 aromatic rings. The van der Waals surface area contributed by atoms with E-state index >= 15 is 0 Å². The molecule has 3 heteroatoms. The first-order chi connectivity index (χ1) is 8.96. The molecule has 0 radical (unpaired) electrons. The third-order valence-corrected chi connectivity index (χ3v) is 3.52. The number of benzene rings is 1. The highest BCUT2D eigenvalue weighted by molar-refractivity contribution is 5.50. The predicted octanol–water partition coefficient (Wildman–Crippen LogP) is 2.85. The number of phenols is 1. The molecule has 0 heterocycles. The van der Waals surface area contributed by atoms with Crippen LogP contribution in [0.1, 0.15) is 58.2 Å². The molecule has 4 N–H and O–H groups in total. The first-order valence-electron chi connectivity index (χ1n) is 7.20. The molecule has 0 amide bonds. The number of hydrogen-bond donors (Lipinski definition) is 3. The minimum absolute atomic E-state index is 0.0312. The van der Waals surface area contributed by atoms with Gasteiger partial charge in [-0.3, -0.25) is 0 Å². The molecule has 0 spiro atoms. The van der Waals surface area contributed by atoms with E-state index in [1.54, 1.807) is 0 Å². The van der Waals surface area contributed by atoms with Crippen LogP contribution in [0.3, 0.4) is 0 Å². The van der Waals surface area contributed by atoms with Crippen molar-refractivity contribution in [3.05, 3.63) is 28.8 Å². The van der Waals surface area contributed by atoms with Crippen molar-refractivity contribution >= 4 is 0 Å². The summed E-state index contributed by atoms with van der Waals surface area (Å²) in [7, 11) is 0. The summed E-state index contributed by atoms with van der Waals surface area (Å²) >= 11 is 0. The third kappa shape index (κ3) is 3.97. The highest BCUT2D eigenvalue weighted by atomic mass is 16.3. The average Bonchev–Trinajstić information content (AvgIpc) is 2.28. The van der Waals surface area contributed by atoms with Gasteiger partial charge >= 0.3 is 0 Å². The van der Waals surface area contributed by atoms with Crippen molar-refractivity contribution in [3.8, 4) is 5.75 Å². The summed E-state index contributed by atoms with van der Waals surface area (Å²) in [5.74, 6) is 0.381. The Morgan fingerprint density at radius 3 is 1.70 bits per heavy atom. The van der Waals surface area contributed by atoms with Crippen LogP contribution in [0.5, 0.6) is 5.75 Å². The standard InChI is InChI=1S/C17H29NO2/c1-16(2,3)13-8-11(7-12(18)10-19)9-14(15(13)20)17(4,5)6/h8-9,12,19-20H,7,10,18H2,1-6H3. The van der Waals surface area contributed by atoms with E-state index in [1.807, 2.05) is 12.1 Å². The Kier molecular flexibility index (Phi) is 4.88. The highest BCUT2D eigenvalue weighted by Gasteiger charge is 2.26. The minimum atomic E-state index is -0.264. The molecule has 0 saturated carbocycles. The Morgan fingerprint density at radius 2 is 1.40 bits per heavy atom. The maximum Gasteiger partial charge on any atom is 0.123 e. The monoisotopic (exact) mass is 279 g/mol. The molecule has 3 nitrogen and oxygen atoms in total. The Bertz CT molecular complexity index is 432. The van der Waals surface area contributed by atoms with Gasteiger partial charge in [0.15, 0.2) is 0 Å². The average molecular weight is 279 g/mol. The molecule has 1 unspecified atom stereocenters. The molecule has 0 fully saturated rings. The maximum absolute atomic E-state index is 10.6. The number of aromatic hydroxyl groups is 1. The van der Waals surface area contributed by atoms with E-state index in [1.165, 1.54) is 0 Å². The van der Waals surface area contributed by atoms with Gasteiger partial charge in [-0.15, -0.1) is 0 Å². The Morgan fingerprint density at radius 1 is 1.00 bits per heavy atom. The number of rotatable bonds is 3. The number of phenolic OH excluding ortho intramolecular Hbond substituents is 1. The van der Waals surface area contributed by atoms with Crippen molar-refractivity contribution in [1.82, 2.24) is 0 Å². The van der Waals surface area contributed by atoms with Gasteiger partial charge < -0.3 is 15.9 Å². The van der Waals surface area contributed by atoms with E-state index in [4.69, 9.17) is 10.8 Å². The number of aliphatic hydroxyl groups excluding tert-OH is 1. The molecule has 114 valence electrons. The lowest BCUT2D eigenvalue weighted by atomic mass is 9.78.